The average Bonchev–Trinajstić information content (AvgIpc) is 3.08. The molecule has 0 radical (unpaired) electrons. The molecule has 0 aliphatic heterocycles. The van der Waals surface area contributed by atoms with E-state index in [9.17, 15) is 0 Å². The smallest absolute Gasteiger partial charge is 0.193 e. The van der Waals surface area contributed by atoms with E-state index in [2.05, 4.69) is 70.4 Å². The number of nitrogens with one attached hydrogen (secondary N) is 1. The van der Waals surface area contributed by atoms with Crippen molar-refractivity contribution in [2.24, 2.45) is 12.0 Å². The second-order valence-electron chi connectivity index (χ2n) is 5.57. The molecule has 0 unspecified atom stereocenters. The Bertz CT molecular complexity index is 610. The van der Waals surface area contributed by atoms with Gasteiger partial charge >= 0.3 is 0 Å². The second-order valence-corrected chi connectivity index (χ2v) is 5.57. The number of hydrogen-bond acceptors (Lipinski definition) is 2. The molecule has 120 valence electrons. The zero-order chi connectivity index (χ0) is 15.9. The van der Waals surface area contributed by atoms with Crippen molar-refractivity contribution in [1.82, 2.24) is 24.6 Å². The summed E-state index contributed by atoms with van der Waals surface area (Å²) in [7, 11) is 5.94. The van der Waals surface area contributed by atoms with E-state index in [1.807, 2.05) is 17.9 Å². The van der Waals surface area contributed by atoms with Gasteiger partial charge in [-0.2, -0.15) is 5.10 Å². The molecule has 1 N–H and O–H groups in total. The molecule has 0 amide bonds. The molecule has 2 rings (SSSR count). The highest BCUT2D eigenvalue weighted by Crippen LogP contribution is 2.03. The van der Waals surface area contributed by atoms with Gasteiger partial charge in [-0.3, -0.25) is 9.67 Å². The van der Waals surface area contributed by atoms with E-state index in [4.69, 9.17) is 0 Å². The minimum atomic E-state index is 0.835. The fourth-order valence-corrected chi connectivity index (χ4v) is 2.39. The van der Waals surface area contributed by atoms with Gasteiger partial charge in [-0.1, -0.05) is 0 Å². The highest BCUT2D eigenvalue weighted by atomic mass is 15.3. The van der Waals surface area contributed by atoms with Gasteiger partial charge in [0.15, 0.2) is 5.96 Å². The molecule has 2 heterocycles. The third-order valence-electron chi connectivity index (χ3n) is 3.63. The van der Waals surface area contributed by atoms with E-state index >= 15 is 0 Å². The SMILES string of the molecule is CN=C(NCCCn1cc(C)cn1)N(C)Cc1cccn1C. The molecule has 22 heavy (non-hydrogen) atoms. The van der Waals surface area contributed by atoms with Crippen LogP contribution < -0.4 is 5.32 Å². The Labute approximate surface area is 132 Å². The van der Waals surface area contributed by atoms with Crippen LogP contribution in [0.15, 0.2) is 35.7 Å². The van der Waals surface area contributed by atoms with Crippen LogP contribution in [0.2, 0.25) is 0 Å². The number of guanidine groups is 1. The Hall–Kier alpha value is -2.24. The summed E-state index contributed by atoms with van der Waals surface area (Å²) in [6.07, 6.45) is 7.03. The maximum atomic E-state index is 4.35. The summed E-state index contributed by atoms with van der Waals surface area (Å²) in [5, 5.41) is 7.70. The van der Waals surface area contributed by atoms with Gasteiger partial charge in [-0.05, 0) is 31.0 Å². The van der Waals surface area contributed by atoms with Crippen LogP contribution in [0.5, 0.6) is 0 Å². The van der Waals surface area contributed by atoms with Crippen molar-refractivity contribution in [2.45, 2.75) is 26.4 Å². The van der Waals surface area contributed by atoms with E-state index in [1.54, 1.807) is 0 Å². The molecule has 0 spiro atoms. The maximum Gasteiger partial charge on any atom is 0.193 e. The Balaban J connectivity index is 1.76. The Morgan fingerprint density at radius 3 is 2.86 bits per heavy atom. The molecule has 0 saturated carbocycles. The Kier molecular flexibility index (Phi) is 5.63. The number of nitrogens with zero attached hydrogens (tertiary/aromatic N) is 5. The largest absolute Gasteiger partial charge is 0.356 e. The lowest BCUT2D eigenvalue weighted by Gasteiger charge is -2.22. The Morgan fingerprint density at radius 2 is 2.27 bits per heavy atom. The second kappa shape index (κ2) is 7.68. The zero-order valence-electron chi connectivity index (χ0n) is 14.0. The predicted molar refractivity (Wildman–Crippen MR) is 89.8 cm³/mol. The topological polar surface area (TPSA) is 50.4 Å². The number of rotatable bonds is 6. The summed E-state index contributed by atoms with van der Waals surface area (Å²) >= 11 is 0. The van der Waals surface area contributed by atoms with Crippen molar-refractivity contribution < 1.29 is 0 Å². The molecule has 0 aliphatic rings. The first-order valence-electron chi connectivity index (χ1n) is 7.61. The van der Waals surface area contributed by atoms with Crippen LogP contribution in [-0.4, -0.2) is 45.8 Å². The van der Waals surface area contributed by atoms with Crippen molar-refractivity contribution >= 4 is 5.96 Å². The van der Waals surface area contributed by atoms with Crippen molar-refractivity contribution in [3.05, 3.63) is 42.0 Å². The number of aromatic nitrogens is 3. The first kappa shape index (κ1) is 16.1. The molecule has 0 fully saturated rings. The zero-order valence-corrected chi connectivity index (χ0v) is 14.0. The van der Waals surface area contributed by atoms with Crippen LogP contribution in [0.1, 0.15) is 17.7 Å². The summed E-state index contributed by atoms with van der Waals surface area (Å²) in [5.41, 5.74) is 2.46. The van der Waals surface area contributed by atoms with Crippen LogP contribution in [0.25, 0.3) is 0 Å². The first-order chi connectivity index (χ1) is 10.6. The quantitative estimate of drug-likeness (QED) is 0.501. The van der Waals surface area contributed by atoms with Crippen LogP contribution in [0.4, 0.5) is 0 Å². The lowest BCUT2D eigenvalue weighted by atomic mass is 10.4. The van der Waals surface area contributed by atoms with Crippen molar-refractivity contribution in [3.63, 3.8) is 0 Å². The molecular weight excluding hydrogens is 276 g/mol. The average molecular weight is 302 g/mol. The van der Waals surface area contributed by atoms with E-state index in [0.29, 0.717) is 0 Å². The van der Waals surface area contributed by atoms with Gasteiger partial charge in [0.2, 0.25) is 0 Å². The molecule has 0 saturated heterocycles. The van der Waals surface area contributed by atoms with Gasteiger partial charge in [0.1, 0.15) is 0 Å². The normalized spacial score (nSPS) is 11.7. The molecule has 2 aromatic rings. The van der Waals surface area contributed by atoms with E-state index in [-0.39, 0.29) is 0 Å². The lowest BCUT2D eigenvalue weighted by molar-refractivity contribution is 0.457. The summed E-state index contributed by atoms with van der Waals surface area (Å²) in [5.74, 6) is 0.915. The molecule has 2 aromatic heterocycles. The predicted octanol–water partition coefficient (Wildman–Crippen LogP) is 1.63. The third kappa shape index (κ3) is 4.38. The Morgan fingerprint density at radius 1 is 1.45 bits per heavy atom. The molecular formula is C16H26N6. The van der Waals surface area contributed by atoms with Crippen LogP contribution in [-0.2, 0) is 20.1 Å². The van der Waals surface area contributed by atoms with Gasteiger partial charge < -0.3 is 14.8 Å². The van der Waals surface area contributed by atoms with E-state index in [1.165, 1.54) is 11.3 Å². The summed E-state index contributed by atoms with van der Waals surface area (Å²) < 4.78 is 4.11. The summed E-state index contributed by atoms with van der Waals surface area (Å²) in [4.78, 5) is 6.48. The van der Waals surface area contributed by atoms with E-state index in [0.717, 1.165) is 32.0 Å². The van der Waals surface area contributed by atoms with Gasteiger partial charge in [0, 0.05) is 52.3 Å². The fourth-order valence-electron chi connectivity index (χ4n) is 2.39. The summed E-state index contributed by atoms with van der Waals surface area (Å²) in [6, 6.07) is 4.19. The highest BCUT2D eigenvalue weighted by molar-refractivity contribution is 5.79. The van der Waals surface area contributed by atoms with Gasteiger partial charge in [0.25, 0.3) is 0 Å². The molecule has 0 aromatic carbocycles. The lowest BCUT2D eigenvalue weighted by Crippen LogP contribution is -2.39. The maximum absolute atomic E-state index is 4.35. The third-order valence-corrected chi connectivity index (χ3v) is 3.63. The van der Waals surface area contributed by atoms with Gasteiger partial charge in [-0.15, -0.1) is 0 Å². The first-order valence-corrected chi connectivity index (χ1v) is 7.61. The number of hydrogen-bond donors (Lipinski definition) is 1. The van der Waals surface area contributed by atoms with Crippen molar-refractivity contribution in [1.29, 1.82) is 0 Å². The van der Waals surface area contributed by atoms with Gasteiger partial charge in [0.05, 0.1) is 12.7 Å². The molecule has 0 bridgehead atoms. The molecule has 6 nitrogen and oxygen atoms in total. The minimum absolute atomic E-state index is 0.835. The van der Waals surface area contributed by atoms with Crippen LogP contribution in [0.3, 0.4) is 0 Å². The fraction of sp³-hybridized carbons (Fsp3) is 0.500. The standard InChI is InChI=1S/C16H26N6/c1-14-11-19-22(12-14)10-6-8-18-16(17-2)21(4)13-15-7-5-9-20(15)3/h5,7,9,11-12H,6,8,10,13H2,1-4H3,(H,17,18). The number of aryl methyl sites for hydroxylation is 3. The molecule has 6 heteroatoms. The van der Waals surface area contributed by atoms with Crippen LogP contribution in [0, 0.1) is 6.92 Å². The summed E-state index contributed by atoms with van der Waals surface area (Å²) in [6.45, 7) is 4.69. The van der Waals surface area contributed by atoms with Crippen molar-refractivity contribution in [3.8, 4) is 0 Å². The van der Waals surface area contributed by atoms with E-state index < -0.39 is 0 Å². The van der Waals surface area contributed by atoms with Crippen LogP contribution >= 0.6 is 0 Å². The molecule has 0 aliphatic carbocycles. The minimum Gasteiger partial charge on any atom is -0.356 e. The molecule has 0 atom stereocenters. The number of aliphatic imine (C=N–C) groups is 1. The monoisotopic (exact) mass is 302 g/mol. The highest BCUT2D eigenvalue weighted by Gasteiger charge is 2.07. The van der Waals surface area contributed by atoms with Gasteiger partial charge in [-0.25, -0.2) is 0 Å². The van der Waals surface area contributed by atoms with Crippen molar-refractivity contribution in [2.75, 3.05) is 20.6 Å².